The number of piperidine rings is 2. The number of ether oxygens (including phenoxy) is 2. The third-order valence-corrected chi connectivity index (χ3v) is 7.25. The molecule has 1 N–H and O–H groups in total. The van der Waals surface area contributed by atoms with Crippen molar-refractivity contribution in [2.24, 2.45) is 11.3 Å². The van der Waals surface area contributed by atoms with Crippen molar-refractivity contribution in [3.8, 4) is 11.5 Å². The van der Waals surface area contributed by atoms with Crippen molar-refractivity contribution in [1.82, 2.24) is 9.80 Å². The topological polar surface area (TPSA) is 113 Å². The monoisotopic (exact) mass is 536 g/mol. The van der Waals surface area contributed by atoms with Crippen molar-refractivity contribution in [2.75, 3.05) is 26.2 Å². The van der Waals surface area contributed by atoms with Crippen molar-refractivity contribution in [2.45, 2.75) is 52.4 Å². The first-order chi connectivity index (χ1) is 18.6. The summed E-state index contributed by atoms with van der Waals surface area (Å²) >= 11 is 0. The molecule has 0 saturated carbocycles. The lowest BCUT2D eigenvalue weighted by atomic mass is 9.81. The number of aliphatic carboxylic acids is 1. The molecule has 2 saturated heterocycles. The number of rotatable bonds is 9. The van der Waals surface area contributed by atoms with Gasteiger partial charge in [-0.3, -0.25) is 19.3 Å². The first-order valence-electron chi connectivity index (χ1n) is 13.4. The van der Waals surface area contributed by atoms with Gasteiger partial charge >= 0.3 is 12.1 Å². The van der Waals surface area contributed by atoms with Gasteiger partial charge in [0.15, 0.2) is 0 Å². The summed E-state index contributed by atoms with van der Waals surface area (Å²) < 4.78 is 11.4. The molecule has 0 spiro atoms. The van der Waals surface area contributed by atoms with E-state index < -0.39 is 5.97 Å². The number of carboxylic acid groups (broad SMARTS) is 1. The number of amides is 3. The highest BCUT2D eigenvalue weighted by molar-refractivity contribution is 5.98. The lowest BCUT2D eigenvalue weighted by molar-refractivity contribution is -0.152. The second-order valence-corrected chi connectivity index (χ2v) is 11.2. The van der Waals surface area contributed by atoms with Crippen LogP contribution >= 0.6 is 0 Å². The summed E-state index contributed by atoms with van der Waals surface area (Å²) in [5, 5.41) is 8.86. The number of likely N-dealkylation sites (tertiary alicyclic amines) is 2. The second kappa shape index (κ2) is 12.3. The fraction of sp³-hybridized carbons (Fsp3) is 0.467. The van der Waals surface area contributed by atoms with Crippen molar-refractivity contribution in [3.63, 3.8) is 0 Å². The molecular weight excluding hydrogens is 500 g/mol. The minimum Gasteiger partial charge on any atom is -0.493 e. The van der Waals surface area contributed by atoms with Crippen LogP contribution in [0.15, 0.2) is 48.5 Å². The van der Waals surface area contributed by atoms with E-state index in [2.05, 4.69) is 0 Å². The van der Waals surface area contributed by atoms with Crippen LogP contribution in [-0.2, 0) is 27.2 Å². The summed E-state index contributed by atoms with van der Waals surface area (Å²) in [5.74, 6) is 0.361. The van der Waals surface area contributed by atoms with Crippen LogP contribution in [0.4, 0.5) is 4.79 Å². The van der Waals surface area contributed by atoms with Gasteiger partial charge in [0.1, 0.15) is 11.5 Å². The predicted molar refractivity (Wildman–Crippen MR) is 143 cm³/mol. The van der Waals surface area contributed by atoms with Gasteiger partial charge in [0, 0.05) is 32.5 Å². The zero-order valence-corrected chi connectivity index (χ0v) is 22.6. The Bertz CT molecular complexity index is 1160. The zero-order chi connectivity index (χ0) is 28.0. The van der Waals surface area contributed by atoms with Crippen molar-refractivity contribution < 1.29 is 33.8 Å². The van der Waals surface area contributed by atoms with E-state index in [1.54, 1.807) is 41.3 Å². The minimum absolute atomic E-state index is 0.0131. The van der Waals surface area contributed by atoms with Crippen molar-refractivity contribution in [3.05, 3.63) is 59.7 Å². The van der Waals surface area contributed by atoms with Gasteiger partial charge < -0.3 is 19.5 Å². The quantitative estimate of drug-likeness (QED) is 0.475. The third kappa shape index (κ3) is 8.05. The molecule has 2 fully saturated rings. The molecule has 2 heterocycles. The van der Waals surface area contributed by atoms with Crippen LogP contribution in [0.5, 0.6) is 11.5 Å². The molecule has 3 amide bonds. The Morgan fingerprint density at radius 1 is 0.897 bits per heavy atom. The number of benzene rings is 2. The van der Waals surface area contributed by atoms with Crippen molar-refractivity contribution >= 4 is 23.9 Å². The molecule has 0 bridgehead atoms. The Morgan fingerprint density at radius 3 is 2.05 bits per heavy atom. The van der Waals surface area contributed by atoms with Crippen molar-refractivity contribution in [1.29, 1.82) is 0 Å². The fourth-order valence-corrected chi connectivity index (χ4v) is 4.97. The number of imide groups is 1. The summed E-state index contributed by atoms with van der Waals surface area (Å²) in [6.07, 6.45) is 2.51. The predicted octanol–water partition coefficient (Wildman–Crippen LogP) is 4.32. The van der Waals surface area contributed by atoms with E-state index in [9.17, 15) is 19.2 Å². The molecule has 2 aliphatic rings. The Morgan fingerprint density at radius 2 is 1.46 bits per heavy atom. The van der Waals surface area contributed by atoms with E-state index in [4.69, 9.17) is 14.6 Å². The average Bonchev–Trinajstić information content (AvgIpc) is 2.88. The molecule has 0 radical (unpaired) electrons. The molecule has 0 aliphatic carbocycles. The van der Waals surface area contributed by atoms with Gasteiger partial charge in [0.2, 0.25) is 11.8 Å². The summed E-state index contributed by atoms with van der Waals surface area (Å²) in [6.45, 7) is 5.92. The number of hydrogen-bond acceptors (Lipinski definition) is 6. The van der Waals surface area contributed by atoms with Gasteiger partial charge in [0.25, 0.3) is 0 Å². The van der Waals surface area contributed by atoms with E-state index in [1.807, 2.05) is 26.0 Å². The van der Waals surface area contributed by atoms with E-state index in [1.165, 1.54) is 4.90 Å². The number of carbonyl (C=O) groups is 4. The van der Waals surface area contributed by atoms with E-state index in [0.717, 1.165) is 24.0 Å². The lowest BCUT2D eigenvalue weighted by Crippen LogP contribution is -2.46. The molecule has 9 nitrogen and oxygen atoms in total. The van der Waals surface area contributed by atoms with Gasteiger partial charge in [0.05, 0.1) is 13.0 Å². The lowest BCUT2D eigenvalue weighted by Gasteiger charge is -2.34. The Balaban J connectivity index is 1.17. The van der Waals surface area contributed by atoms with E-state index in [0.29, 0.717) is 62.9 Å². The summed E-state index contributed by atoms with van der Waals surface area (Å²) in [7, 11) is 0. The smallest absolute Gasteiger partial charge is 0.415 e. The van der Waals surface area contributed by atoms with Crippen LogP contribution in [0, 0.1) is 11.3 Å². The third-order valence-electron chi connectivity index (χ3n) is 7.25. The number of carbonyl (C=O) groups excluding carboxylic acids is 3. The first-order valence-corrected chi connectivity index (χ1v) is 13.4. The SMILES string of the molecule is CC1(C)CC(=O)N(CCc2ccc(OC(=O)N3CCC(COc4ccc(CC(=O)O)cc4)CC3)cc2)C(=O)C1. The average molecular weight is 537 g/mol. The first kappa shape index (κ1) is 28.1. The number of nitrogens with zero attached hydrogens (tertiary/aromatic N) is 2. The molecule has 0 atom stereocenters. The second-order valence-electron chi connectivity index (χ2n) is 11.2. The maximum atomic E-state index is 12.7. The van der Waals surface area contributed by atoms with Gasteiger partial charge in [-0.15, -0.1) is 0 Å². The standard InChI is InChI=1S/C30H36N2O7/c1-30(2)18-26(33)32(27(34)19-30)16-13-21-3-9-25(10-4-21)39-29(37)31-14-11-23(12-15-31)20-38-24-7-5-22(6-8-24)17-28(35)36/h3-10,23H,11-20H2,1-2H3,(H,35,36). The zero-order valence-electron chi connectivity index (χ0n) is 22.6. The molecule has 4 rings (SSSR count). The Hall–Kier alpha value is -3.88. The largest absolute Gasteiger partial charge is 0.493 e. The molecule has 39 heavy (non-hydrogen) atoms. The summed E-state index contributed by atoms with van der Waals surface area (Å²) in [6, 6.07) is 14.2. The van der Waals surface area contributed by atoms with Crippen LogP contribution < -0.4 is 9.47 Å². The molecular formula is C30H36N2O7. The van der Waals surface area contributed by atoms with Gasteiger partial charge in [-0.25, -0.2) is 4.79 Å². The normalized spacial score (nSPS) is 17.7. The summed E-state index contributed by atoms with van der Waals surface area (Å²) in [5.41, 5.74) is 1.40. The highest BCUT2D eigenvalue weighted by Gasteiger charge is 2.37. The van der Waals surface area contributed by atoms with Gasteiger partial charge in [-0.2, -0.15) is 0 Å². The fourth-order valence-electron chi connectivity index (χ4n) is 4.97. The van der Waals surface area contributed by atoms with Crippen LogP contribution in [0.2, 0.25) is 0 Å². The van der Waals surface area contributed by atoms with E-state index >= 15 is 0 Å². The number of carboxylic acids is 1. The maximum absolute atomic E-state index is 12.7. The molecule has 0 unspecified atom stereocenters. The van der Waals surface area contributed by atoms with Crippen LogP contribution in [0.1, 0.15) is 50.7 Å². The molecule has 208 valence electrons. The minimum atomic E-state index is -0.865. The van der Waals surface area contributed by atoms with E-state index in [-0.39, 0.29) is 29.7 Å². The highest BCUT2D eigenvalue weighted by atomic mass is 16.6. The number of hydrogen-bond donors (Lipinski definition) is 1. The van der Waals surface area contributed by atoms with Crippen LogP contribution in [0.3, 0.4) is 0 Å². The van der Waals surface area contributed by atoms with Gasteiger partial charge in [-0.05, 0) is 66.0 Å². The molecule has 0 aromatic heterocycles. The molecule has 2 aliphatic heterocycles. The molecule has 9 heteroatoms. The Kier molecular flexibility index (Phi) is 8.89. The molecule has 2 aromatic rings. The summed E-state index contributed by atoms with van der Waals surface area (Å²) in [4.78, 5) is 51.2. The maximum Gasteiger partial charge on any atom is 0.415 e. The van der Waals surface area contributed by atoms with Gasteiger partial charge in [-0.1, -0.05) is 38.1 Å². The Labute approximate surface area is 228 Å². The highest BCUT2D eigenvalue weighted by Crippen LogP contribution is 2.31. The van der Waals surface area contributed by atoms with Crippen LogP contribution in [0.25, 0.3) is 0 Å². The van der Waals surface area contributed by atoms with Crippen LogP contribution in [-0.4, -0.2) is 65.0 Å². The molecule has 2 aromatic carbocycles.